The van der Waals surface area contributed by atoms with E-state index in [9.17, 15) is 4.39 Å². The summed E-state index contributed by atoms with van der Waals surface area (Å²) in [6.07, 6.45) is 0. The second-order valence-corrected chi connectivity index (χ2v) is 3.06. The molecule has 15 heavy (non-hydrogen) atoms. The van der Waals surface area contributed by atoms with Crippen molar-refractivity contribution in [3.63, 3.8) is 0 Å². The summed E-state index contributed by atoms with van der Waals surface area (Å²) in [5.41, 5.74) is 11.3. The fourth-order valence-electron chi connectivity index (χ4n) is 1.45. The maximum absolute atomic E-state index is 13.0. The Morgan fingerprint density at radius 3 is 2.60 bits per heavy atom. The van der Waals surface area contributed by atoms with Crippen LogP contribution in [0.25, 0.3) is 10.8 Å². The summed E-state index contributed by atoms with van der Waals surface area (Å²) in [7, 11) is 0. The van der Waals surface area contributed by atoms with Crippen LogP contribution in [0.2, 0.25) is 0 Å². The summed E-state index contributed by atoms with van der Waals surface area (Å²) in [5.74, 6) is -0.236. The number of benzene rings is 1. The standard InChI is InChI=1S/C10H7FN4/c11-5-1-2-6-7(3-5)9(13)15-10(14)8(6)4-12/h1-3H,(H4,13,14,15). The van der Waals surface area contributed by atoms with Crippen LogP contribution < -0.4 is 11.5 Å². The lowest BCUT2D eigenvalue weighted by atomic mass is 10.1. The van der Waals surface area contributed by atoms with E-state index in [2.05, 4.69) is 4.98 Å². The first-order valence-electron chi connectivity index (χ1n) is 4.18. The first kappa shape index (κ1) is 9.21. The summed E-state index contributed by atoms with van der Waals surface area (Å²) >= 11 is 0. The van der Waals surface area contributed by atoms with Gasteiger partial charge in [-0.2, -0.15) is 5.26 Å². The van der Waals surface area contributed by atoms with E-state index in [-0.39, 0.29) is 17.2 Å². The second kappa shape index (κ2) is 3.10. The highest BCUT2D eigenvalue weighted by Gasteiger charge is 2.10. The molecule has 4 nitrogen and oxygen atoms in total. The Labute approximate surface area is 84.9 Å². The summed E-state index contributed by atoms with van der Waals surface area (Å²) in [6, 6.07) is 5.88. The van der Waals surface area contributed by atoms with Gasteiger partial charge in [-0.1, -0.05) is 0 Å². The Balaban J connectivity index is 2.98. The molecule has 1 heterocycles. The Morgan fingerprint density at radius 2 is 1.93 bits per heavy atom. The second-order valence-electron chi connectivity index (χ2n) is 3.06. The van der Waals surface area contributed by atoms with Gasteiger partial charge < -0.3 is 11.5 Å². The van der Waals surface area contributed by atoms with Crippen molar-refractivity contribution in [1.29, 1.82) is 5.26 Å². The van der Waals surface area contributed by atoms with Crippen molar-refractivity contribution in [2.45, 2.75) is 0 Å². The van der Waals surface area contributed by atoms with Crippen molar-refractivity contribution in [3.05, 3.63) is 29.6 Å². The molecule has 4 N–H and O–H groups in total. The number of hydrogen-bond donors (Lipinski definition) is 2. The molecular weight excluding hydrogens is 195 g/mol. The lowest BCUT2D eigenvalue weighted by Crippen LogP contribution is -2.01. The quantitative estimate of drug-likeness (QED) is 0.675. The number of hydrogen-bond acceptors (Lipinski definition) is 4. The minimum Gasteiger partial charge on any atom is -0.383 e. The molecule has 1 aromatic carbocycles. The minimum atomic E-state index is -0.426. The number of fused-ring (bicyclic) bond motifs is 1. The first-order chi connectivity index (χ1) is 7.13. The van der Waals surface area contributed by atoms with Crippen LogP contribution >= 0.6 is 0 Å². The Morgan fingerprint density at radius 1 is 1.20 bits per heavy atom. The highest BCUT2D eigenvalue weighted by Crippen LogP contribution is 2.26. The van der Waals surface area contributed by atoms with E-state index in [0.29, 0.717) is 10.8 Å². The molecule has 0 aliphatic carbocycles. The molecule has 0 bridgehead atoms. The van der Waals surface area contributed by atoms with Gasteiger partial charge >= 0.3 is 0 Å². The van der Waals surface area contributed by atoms with Crippen LogP contribution in [-0.4, -0.2) is 4.98 Å². The number of nitrogens with two attached hydrogens (primary N) is 2. The van der Waals surface area contributed by atoms with Gasteiger partial charge in [-0.15, -0.1) is 0 Å². The Kier molecular flexibility index (Phi) is 1.90. The highest BCUT2D eigenvalue weighted by atomic mass is 19.1. The van der Waals surface area contributed by atoms with Gasteiger partial charge in [-0.25, -0.2) is 9.37 Å². The molecule has 0 aliphatic rings. The van der Waals surface area contributed by atoms with Gasteiger partial charge in [-0.3, -0.25) is 0 Å². The van der Waals surface area contributed by atoms with Crippen LogP contribution in [-0.2, 0) is 0 Å². The fraction of sp³-hybridized carbons (Fsp3) is 0. The minimum absolute atomic E-state index is 0.0640. The molecule has 0 radical (unpaired) electrons. The average Bonchev–Trinajstić information content (AvgIpc) is 2.19. The van der Waals surface area contributed by atoms with E-state index in [0.717, 1.165) is 0 Å². The molecule has 2 rings (SSSR count). The van der Waals surface area contributed by atoms with E-state index >= 15 is 0 Å². The predicted octanol–water partition coefficient (Wildman–Crippen LogP) is 1.41. The number of aromatic nitrogens is 1. The van der Waals surface area contributed by atoms with Gasteiger partial charge in [-0.05, 0) is 18.2 Å². The Bertz CT molecular complexity index is 586. The smallest absolute Gasteiger partial charge is 0.144 e. The highest BCUT2D eigenvalue weighted by molar-refractivity contribution is 5.97. The van der Waals surface area contributed by atoms with E-state index in [1.54, 1.807) is 0 Å². The van der Waals surface area contributed by atoms with Gasteiger partial charge in [0.2, 0.25) is 0 Å². The maximum Gasteiger partial charge on any atom is 0.144 e. The lowest BCUT2D eigenvalue weighted by Gasteiger charge is -2.05. The zero-order valence-electron chi connectivity index (χ0n) is 7.66. The molecule has 0 spiro atoms. The normalized spacial score (nSPS) is 10.1. The Hall–Kier alpha value is -2.35. The van der Waals surface area contributed by atoms with E-state index < -0.39 is 5.82 Å². The van der Waals surface area contributed by atoms with Crippen LogP contribution in [0.5, 0.6) is 0 Å². The number of nitrogens with zero attached hydrogens (tertiary/aromatic N) is 2. The van der Waals surface area contributed by atoms with Crippen molar-refractivity contribution < 1.29 is 4.39 Å². The average molecular weight is 202 g/mol. The van der Waals surface area contributed by atoms with Gasteiger partial charge in [0.25, 0.3) is 0 Å². The maximum atomic E-state index is 13.0. The van der Waals surface area contributed by atoms with Crippen molar-refractivity contribution in [2.75, 3.05) is 11.5 Å². The van der Waals surface area contributed by atoms with Crippen LogP contribution in [0.15, 0.2) is 18.2 Å². The van der Waals surface area contributed by atoms with Crippen LogP contribution in [0.4, 0.5) is 16.0 Å². The molecule has 1 aromatic heterocycles. The van der Waals surface area contributed by atoms with E-state index in [1.165, 1.54) is 18.2 Å². The van der Waals surface area contributed by atoms with Crippen LogP contribution in [0.3, 0.4) is 0 Å². The van der Waals surface area contributed by atoms with E-state index in [4.69, 9.17) is 16.7 Å². The molecular formula is C10H7FN4. The largest absolute Gasteiger partial charge is 0.383 e. The van der Waals surface area contributed by atoms with Crippen LogP contribution in [0.1, 0.15) is 5.56 Å². The summed E-state index contributed by atoms with van der Waals surface area (Å²) < 4.78 is 13.0. The fourth-order valence-corrected chi connectivity index (χ4v) is 1.45. The lowest BCUT2D eigenvalue weighted by molar-refractivity contribution is 0.629. The van der Waals surface area contributed by atoms with Gasteiger partial charge in [0.15, 0.2) is 0 Å². The third kappa shape index (κ3) is 1.32. The third-order valence-electron chi connectivity index (χ3n) is 2.14. The van der Waals surface area contributed by atoms with Crippen molar-refractivity contribution in [1.82, 2.24) is 4.98 Å². The molecule has 0 aliphatic heterocycles. The number of nitrogen functional groups attached to an aromatic ring is 2. The number of anilines is 2. The molecule has 0 saturated carbocycles. The molecule has 0 amide bonds. The number of nitriles is 1. The van der Waals surface area contributed by atoms with Crippen LogP contribution in [0, 0.1) is 17.1 Å². The molecule has 2 aromatic rings. The molecule has 0 unspecified atom stereocenters. The topological polar surface area (TPSA) is 88.7 Å². The number of rotatable bonds is 0. The predicted molar refractivity (Wildman–Crippen MR) is 55.2 cm³/mol. The summed E-state index contributed by atoms with van der Waals surface area (Å²) in [4.78, 5) is 3.78. The number of halogens is 1. The van der Waals surface area contributed by atoms with Crippen molar-refractivity contribution in [2.24, 2.45) is 0 Å². The number of pyridine rings is 1. The molecule has 74 valence electrons. The summed E-state index contributed by atoms with van der Waals surface area (Å²) in [6.45, 7) is 0. The molecule has 5 heteroatoms. The third-order valence-corrected chi connectivity index (χ3v) is 2.14. The zero-order chi connectivity index (χ0) is 11.0. The molecule has 0 saturated heterocycles. The molecule has 0 atom stereocenters. The van der Waals surface area contributed by atoms with Gasteiger partial charge in [0.1, 0.15) is 29.1 Å². The van der Waals surface area contributed by atoms with Crippen molar-refractivity contribution >= 4 is 22.4 Å². The van der Waals surface area contributed by atoms with E-state index in [1.807, 2.05) is 6.07 Å². The van der Waals surface area contributed by atoms with Crippen molar-refractivity contribution in [3.8, 4) is 6.07 Å². The zero-order valence-corrected chi connectivity index (χ0v) is 7.66. The van der Waals surface area contributed by atoms with Gasteiger partial charge in [0, 0.05) is 10.8 Å². The monoisotopic (exact) mass is 202 g/mol. The first-order valence-corrected chi connectivity index (χ1v) is 4.18. The summed E-state index contributed by atoms with van der Waals surface area (Å²) in [5, 5.41) is 9.79. The molecule has 0 fully saturated rings. The SMILES string of the molecule is N#Cc1c(N)nc(N)c2cc(F)ccc12. The van der Waals surface area contributed by atoms with Gasteiger partial charge in [0.05, 0.1) is 0 Å².